The number of rotatable bonds is 4. The van der Waals surface area contributed by atoms with Gasteiger partial charge >= 0.3 is 0 Å². The Kier molecular flexibility index (Phi) is 5.94. The van der Waals surface area contributed by atoms with E-state index in [2.05, 4.69) is 74.7 Å². The van der Waals surface area contributed by atoms with Gasteiger partial charge in [0.15, 0.2) is 0 Å². The summed E-state index contributed by atoms with van der Waals surface area (Å²) in [6.07, 6.45) is 5.27. The molecule has 0 spiro atoms. The molecule has 1 fully saturated rings. The molecule has 2 aromatic carbocycles. The average molecular weight is 427 g/mol. The number of hydrogen-bond donors (Lipinski definition) is 1. The second-order valence-corrected chi connectivity index (χ2v) is 8.74. The maximum Gasteiger partial charge on any atom is 0.223 e. The Morgan fingerprint density at radius 2 is 1.78 bits per heavy atom. The maximum atomic E-state index is 12.8. The second kappa shape index (κ2) is 8.57. The van der Waals surface area contributed by atoms with Crippen LogP contribution < -0.4 is 5.32 Å². The SMILES string of the molecule is O=C(N[C@@H]1CCCc2ccccc21)C1CCN(Cc2ccc(Br)cc2)CC1. The molecule has 0 bridgehead atoms. The summed E-state index contributed by atoms with van der Waals surface area (Å²) in [7, 11) is 0. The summed E-state index contributed by atoms with van der Waals surface area (Å²) in [6.45, 7) is 2.96. The third-order valence-electron chi connectivity index (χ3n) is 5.96. The van der Waals surface area contributed by atoms with Crippen molar-refractivity contribution >= 4 is 21.8 Å². The number of fused-ring (bicyclic) bond motifs is 1. The predicted molar refractivity (Wildman–Crippen MR) is 112 cm³/mol. The molecule has 1 aliphatic heterocycles. The lowest BCUT2D eigenvalue weighted by Gasteiger charge is -2.33. The zero-order valence-electron chi connectivity index (χ0n) is 15.7. The first kappa shape index (κ1) is 18.7. The summed E-state index contributed by atoms with van der Waals surface area (Å²) in [5, 5.41) is 3.35. The van der Waals surface area contributed by atoms with E-state index in [4.69, 9.17) is 0 Å². The van der Waals surface area contributed by atoms with Gasteiger partial charge in [0.25, 0.3) is 0 Å². The van der Waals surface area contributed by atoms with Crippen LogP contribution in [0.15, 0.2) is 53.0 Å². The molecule has 0 unspecified atom stereocenters. The van der Waals surface area contributed by atoms with Crippen LogP contribution >= 0.6 is 15.9 Å². The summed E-state index contributed by atoms with van der Waals surface area (Å²) < 4.78 is 1.12. The average Bonchev–Trinajstić information content (AvgIpc) is 2.70. The van der Waals surface area contributed by atoms with E-state index in [0.29, 0.717) is 0 Å². The zero-order chi connectivity index (χ0) is 18.6. The van der Waals surface area contributed by atoms with Gasteiger partial charge < -0.3 is 5.32 Å². The summed E-state index contributed by atoms with van der Waals surface area (Å²) in [6, 6.07) is 17.3. The summed E-state index contributed by atoms with van der Waals surface area (Å²) in [5.41, 5.74) is 4.06. The number of benzene rings is 2. The molecule has 1 heterocycles. The molecule has 2 aromatic rings. The highest BCUT2D eigenvalue weighted by Gasteiger charge is 2.28. The van der Waals surface area contributed by atoms with Crippen LogP contribution in [0.4, 0.5) is 0 Å². The minimum Gasteiger partial charge on any atom is -0.349 e. The Morgan fingerprint density at radius 1 is 1.04 bits per heavy atom. The Bertz CT molecular complexity index is 781. The second-order valence-electron chi connectivity index (χ2n) is 7.83. The van der Waals surface area contributed by atoms with Crippen LogP contribution in [0.2, 0.25) is 0 Å². The monoisotopic (exact) mass is 426 g/mol. The molecule has 4 rings (SSSR count). The van der Waals surface area contributed by atoms with Gasteiger partial charge in [0.2, 0.25) is 5.91 Å². The van der Waals surface area contributed by atoms with Gasteiger partial charge in [-0.3, -0.25) is 9.69 Å². The van der Waals surface area contributed by atoms with Gasteiger partial charge in [-0.2, -0.15) is 0 Å². The number of carbonyl (C=O) groups is 1. The van der Waals surface area contributed by atoms with Crippen molar-refractivity contribution in [1.82, 2.24) is 10.2 Å². The highest BCUT2D eigenvalue weighted by molar-refractivity contribution is 9.10. The van der Waals surface area contributed by atoms with Gasteiger partial charge in [-0.15, -0.1) is 0 Å². The minimum atomic E-state index is 0.153. The van der Waals surface area contributed by atoms with Crippen LogP contribution in [0, 0.1) is 5.92 Å². The highest BCUT2D eigenvalue weighted by Crippen LogP contribution is 2.30. The normalized spacial score (nSPS) is 20.9. The lowest BCUT2D eigenvalue weighted by molar-refractivity contribution is -0.127. The van der Waals surface area contributed by atoms with Gasteiger partial charge in [0.1, 0.15) is 0 Å². The smallest absolute Gasteiger partial charge is 0.223 e. The zero-order valence-corrected chi connectivity index (χ0v) is 17.2. The first-order chi connectivity index (χ1) is 13.2. The van der Waals surface area contributed by atoms with E-state index in [1.165, 1.54) is 16.7 Å². The van der Waals surface area contributed by atoms with Crippen LogP contribution in [0.3, 0.4) is 0 Å². The fourth-order valence-electron chi connectivity index (χ4n) is 4.39. The Balaban J connectivity index is 1.30. The van der Waals surface area contributed by atoms with Gasteiger partial charge in [-0.1, -0.05) is 52.3 Å². The largest absolute Gasteiger partial charge is 0.349 e. The first-order valence-electron chi connectivity index (χ1n) is 10.0. The fourth-order valence-corrected chi connectivity index (χ4v) is 4.66. The van der Waals surface area contributed by atoms with E-state index >= 15 is 0 Å². The van der Waals surface area contributed by atoms with Crippen molar-refractivity contribution in [2.75, 3.05) is 13.1 Å². The molecule has 2 aliphatic rings. The van der Waals surface area contributed by atoms with Crippen LogP contribution in [-0.2, 0) is 17.8 Å². The summed E-state index contributed by atoms with van der Waals surface area (Å²) >= 11 is 3.49. The molecule has 0 radical (unpaired) electrons. The number of aryl methyl sites for hydroxylation is 1. The molecular formula is C23H27BrN2O. The van der Waals surface area contributed by atoms with E-state index in [1.807, 2.05) is 0 Å². The summed E-state index contributed by atoms with van der Waals surface area (Å²) in [4.78, 5) is 15.3. The first-order valence-corrected chi connectivity index (χ1v) is 10.8. The van der Waals surface area contributed by atoms with Crippen molar-refractivity contribution < 1.29 is 4.79 Å². The van der Waals surface area contributed by atoms with Gasteiger partial charge in [-0.25, -0.2) is 0 Å². The quantitative estimate of drug-likeness (QED) is 0.756. The standard InChI is InChI=1S/C23H27BrN2O/c24-20-10-8-17(9-11-20)16-26-14-12-19(13-15-26)23(27)25-22-7-3-5-18-4-1-2-6-21(18)22/h1-2,4,6,8-11,19,22H,3,5,7,12-16H2,(H,25,27)/t22-/m1/s1. The van der Waals surface area contributed by atoms with Gasteiger partial charge in [0, 0.05) is 16.9 Å². The molecule has 0 aromatic heterocycles. The van der Waals surface area contributed by atoms with Crippen molar-refractivity contribution in [1.29, 1.82) is 0 Å². The number of piperidine rings is 1. The number of nitrogens with one attached hydrogen (secondary N) is 1. The molecule has 3 nitrogen and oxygen atoms in total. The van der Waals surface area contributed by atoms with Gasteiger partial charge in [0.05, 0.1) is 6.04 Å². The number of nitrogens with zero attached hydrogens (tertiary/aromatic N) is 1. The van der Waals surface area contributed by atoms with Crippen LogP contribution in [0.25, 0.3) is 0 Å². The van der Waals surface area contributed by atoms with Crippen molar-refractivity contribution in [2.24, 2.45) is 5.92 Å². The number of carbonyl (C=O) groups excluding carboxylic acids is 1. The molecule has 0 saturated carbocycles. The van der Waals surface area contributed by atoms with Gasteiger partial charge in [-0.05, 0) is 74.0 Å². The molecule has 1 aliphatic carbocycles. The number of amides is 1. The molecular weight excluding hydrogens is 400 g/mol. The summed E-state index contributed by atoms with van der Waals surface area (Å²) in [5.74, 6) is 0.403. The maximum absolute atomic E-state index is 12.8. The Labute approximate surface area is 170 Å². The highest BCUT2D eigenvalue weighted by atomic mass is 79.9. The molecule has 4 heteroatoms. The number of halogens is 1. The van der Waals surface area contributed by atoms with E-state index in [-0.39, 0.29) is 17.9 Å². The van der Waals surface area contributed by atoms with Crippen molar-refractivity contribution in [3.8, 4) is 0 Å². The third-order valence-corrected chi connectivity index (χ3v) is 6.49. The van der Waals surface area contributed by atoms with Crippen LogP contribution in [-0.4, -0.2) is 23.9 Å². The molecule has 1 N–H and O–H groups in total. The van der Waals surface area contributed by atoms with Crippen LogP contribution in [0.1, 0.15) is 48.4 Å². The number of likely N-dealkylation sites (tertiary alicyclic amines) is 1. The fraction of sp³-hybridized carbons (Fsp3) is 0.435. The molecule has 27 heavy (non-hydrogen) atoms. The number of hydrogen-bond acceptors (Lipinski definition) is 2. The molecule has 142 valence electrons. The van der Waals surface area contributed by atoms with E-state index in [0.717, 1.165) is 56.2 Å². The lowest BCUT2D eigenvalue weighted by atomic mass is 9.87. The van der Waals surface area contributed by atoms with Crippen molar-refractivity contribution in [3.63, 3.8) is 0 Å². The minimum absolute atomic E-state index is 0.153. The molecule has 1 amide bonds. The van der Waals surface area contributed by atoms with E-state index in [9.17, 15) is 4.79 Å². The third kappa shape index (κ3) is 4.61. The van der Waals surface area contributed by atoms with E-state index < -0.39 is 0 Å². The van der Waals surface area contributed by atoms with Crippen molar-refractivity contribution in [3.05, 3.63) is 69.7 Å². The van der Waals surface area contributed by atoms with E-state index in [1.54, 1.807) is 0 Å². The van der Waals surface area contributed by atoms with Crippen molar-refractivity contribution in [2.45, 2.75) is 44.7 Å². The molecule has 1 saturated heterocycles. The van der Waals surface area contributed by atoms with Crippen LogP contribution in [0.5, 0.6) is 0 Å². The Hall–Kier alpha value is -1.65. The topological polar surface area (TPSA) is 32.3 Å². The Morgan fingerprint density at radius 3 is 2.56 bits per heavy atom. The lowest BCUT2D eigenvalue weighted by Crippen LogP contribution is -2.41. The predicted octanol–water partition coefficient (Wildman–Crippen LogP) is 4.85. The molecule has 1 atom stereocenters.